The highest BCUT2D eigenvalue weighted by Crippen LogP contribution is 2.36. The number of aryl methyl sites for hydroxylation is 1. The van der Waals surface area contributed by atoms with Crippen molar-refractivity contribution < 1.29 is 9.53 Å². The first-order valence-corrected chi connectivity index (χ1v) is 7.34. The third kappa shape index (κ3) is 2.73. The number of methoxy groups -OCH3 is 1. The topological polar surface area (TPSA) is 29.5 Å². The second-order valence-corrected chi connectivity index (χ2v) is 6.05. The zero-order valence-corrected chi connectivity index (χ0v) is 13.0. The van der Waals surface area contributed by atoms with E-state index in [1.165, 1.54) is 5.56 Å². The molecule has 1 aromatic carbocycles. The van der Waals surface area contributed by atoms with Crippen molar-refractivity contribution in [1.82, 2.24) is 4.90 Å². The summed E-state index contributed by atoms with van der Waals surface area (Å²) in [6.07, 6.45) is 4.71. The van der Waals surface area contributed by atoms with Crippen molar-refractivity contribution in [1.29, 1.82) is 0 Å². The van der Waals surface area contributed by atoms with Crippen LogP contribution in [0.15, 0.2) is 18.2 Å². The van der Waals surface area contributed by atoms with Crippen molar-refractivity contribution in [3.8, 4) is 5.75 Å². The number of benzene rings is 1. The van der Waals surface area contributed by atoms with Crippen LogP contribution in [0.4, 0.5) is 0 Å². The Hall–Kier alpha value is -1.35. The Kier molecular flexibility index (Phi) is 4.48. The largest absolute Gasteiger partial charge is 0.496 e. The molecule has 1 aromatic rings. The van der Waals surface area contributed by atoms with Gasteiger partial charge in [-0.05, 0) is 39.9 Å². The van der Waals surface area contributed by atoms with Crippen LogP contribution in [0.5, 0.6) is 5.75 Å². The molecule has 0 atom stereocenters. The number of ketones is 1. The Morgan fingerprint density at radius 2 is 1.95 bits per heavy atom. The second kappa shape index (κ2) is 5.96. The Bertz CT molecular complexity index is 488. The van der Waals surface area contributed by atoms with Gasteiger partial charge < -0.3 is 4.74 Å². The molecule has 0 unspecified atom stereocenters. The van der Waals surface area contributed by atoms with E-state index in [9.17, 15) is 4.79 Å². The van der Waals surface area contributed by atoms with Gasteiger partial charge in [0.2, 0.25) is 0 Å². The smallest absolute Gasteiger partial charge is 0.157 e. The van der Waals surface area contributed by atoms with Crippen LogP contribution in [0.3, 0.4) is 0 Å². The minimum Gasteiger partial charge on any atom is -0.496 e. The molecule has 0 amide bonds. The summed E-state index contributed by atoms with van der Waals surface area (Å²) in [5, 5.41) is 0. The molecule has 0 aliphatic heterocycles. The number of rotatable bonds is 5. The van der Waals surface area contributed by atoms with Gasteiger partial charge in [0.15, 0.2) is 5.78 Å². The number of carbonyl (C=O) groups excluding carboxylic acids is 1. The highest BCUT2D eigenvalue weighted by Gasteiger charge is 2.42. The molecule has 0 saturated heterocycles. The van der Waals surface area contributed by atoms with Crippen LogP contribution in [-0.2, 0) is 11.2 Å². The summed E-state index contributed by atoms with van der Waals surface area (Å²) in [6, 6.07) is 6.04. The van der Waals surface area contributed by atoms with Gasteiger partial charge >= 0.3 is 0 Å². The molecule has 0 radical (unpaired) electrons. The van der Waals surface area contributed by atoms with Gasteiger partial charge in [-0.1, -0.05) is 30.5 Å². The van der Waals surface area contributed by atoms with Gasteiger partial charge in [0.05, 0.1) is 12.6 Å². The van der Waals surface area contributed by atoms with Crippen LogP contribution >= 0.6 is 0 Å². The number of nitrogens with zero attached hydrogens (tertiary/aromatic N) is 1. The average molecular weight is 275 g/mol. The maximum Gasteiger partial charge on any atom is 0.157 e. The van der Waals surface area contributed by atoms with Crippen LogP contribution < -0.4 is 4.74 Å². The van der Waals surface area contributed by atoms with Crippen molar-refractivity contribution in [2.45, 2.75) is 44.6 Å². The number of Topliss-reactive ketones (excluding diaryl/α,β-unsaturated/α-hetero) is 1. The third-order valence-electron chi connectivity index (χ3n) is 4.59. The van der Waals surface area contributed by atoms with E-state index in [2.05, 4.69) is 11.0 Å². The van der Waals surface area contributed by atoms with E-state index in [-0.39, 0.29) is 5.54 Å². The van der Waals surface area contributed by atoms with Gasteiger partial charge in [-0.2, -0.15) is 0 Å². The fraction of sp³-hybridized carbons (Fsp3) is 0.588. The van der Waals surface area contributed by atoms with E-state index >= 15 is 0 Å². The average Bonchev–Trinajstić information content (AvgIpc) is 2.89. The second-order valence-electron chi connectivity index (χ2n) is 6.05. The SMILES string of the molecule is COc1ccc(C)cc1CC(=O)C1(N(C)C)CCCC1. The van der Waals surface area contributed by atoms with Gasteiger partial charge in [-0.3, -0.25) is 9.69 Å². The molecule has 0 N–H and O–H groups in total. The number of likely N-dealkylation sites (N-methyl/N-ethyl adjacent to an activating group) is 1. The van der Waals surface area contributed by atoms with Crippen LogP contribution in [0.25, 0.3) is 0 Å². The summed E-state index contributed by atoms with van der Waals surface area (Å²) < 4.78 is 5.39. The fourth-order valence-corrected chi connectivity index (χ4v) is 3.32. The lowest BCUT2D eigenvalue weighted by Gasteiger charge is -2.35. The normalized spacial score (nSPS) is 17.4. The molecular formula is C17H25NO2. The highest BCUT2D eigenvalue weighted by atomic mass is 16.5. The molecule has 0 heterocycles. The summed E-state index contributed by atoms with van der Waals surface area (Å²) in [6.45, 7) is 2.05. The number of hydrogen-bond donors (Lipinski definition) is 0. The minimum atomic E-state index is -0.269. The standard InChI is InChI=1S/C17H25NO2/c1-13-7-8-15(20-4)14(11-13)12-16(19)17(18(2)3)9-5-6-10-17/h7-8,11H,5-6,9-10,12H2,1-4H3. The first-order valence-electron chi connectivity index (χ1n) is 7.34. The Morgan fingerprint density at radius 3 is 2.50 bits per heavy atom. The maximum atomic E-state index is 12.9. The van der Waals surface area contributed by atoms with E-state index in [1.807, 2.05) is 33.2 Å². The molecule has 0 aromatic heterocycles. The van der Waals surface area contributed by atoms with Crippen molar-refractivity contribution in [2.24, 2.45) is 0 Å². The van der Waals surface area contributed by atoms with Crippen molar-refractivity contribution in [3.63, 3.8) is 0 Å². The van der Waals surface area contributed by atoms with E-state index in [4.69, 9.17) is 4.74 Å². The predicted octanol–water partition coefficient (Wildman–Crippen LogP) is 2.99. The predicted molar refractivity (Wildman–Crippen MR) is 81.3 cm³/mol. The van der Waals surface area contributed by atoms with Gasteiger partial charge in [-0.25, -0.2) is 0 Å². The van der Waals surface area contributed by atoms with E-state index in [0.29, 0.717) is 12.2 Å². The third-order valence-corrected chi connectivity index (χ3v) is 4.59. The fourth-order valence-electron chi connectivity index (χ4n) is 3.32. The van der Waals surface area contributed by atoms with E-state index in [0.717, 1.165) is 37.0 Å². The Labute approximate surface area is 121 Å². The summed E-state index contributed by atoms with van der Waals surface area (Å²) >= 11 is 0. The molecular weight excluding hydrogens is 250 g/mol. The Morgan fingerprint density at radius 1 is 1.30 bits per heavy atom. The lowest BCUT2D eigenvalue weighted by molar-refractivity contribution is -0.128. The van der Waals surface area contributed by atoms with Crippen molar-refractivity contribution in [2.75, 3.05) is 21.2 Å². The number of ether oxygens (including phenoxy) is 1. The number of carbonyl (C=O) groups is 1. The first kappa shape index (κ1) is 15.0. The van der Waals surface area contributed by atoms with Crippen LogP contribution in [0.2, 0.25) is 0 Å². The maximum absolute atomic E-state index is 12.9. The quantitative estimate of drug-likeness (QED) is 0.827. The molecule has 0 bridgehead atoms. The van der Waals surface area contributed by atoms with Crippen molar-refractivity contribution in [3.05, 3.63) is 29.3 Å². The summed E-state index contributed by atoms with van der Waals surface area (Å²) in [5.74, 6) is 1.14. The monoisotopic (exact) mass is 275 g/mol. The summed E-state index contributed by atoms with van der Waals surface area (Å²) in [7, 11) is 5.71. The molecule has 1 fully saturated rings. The van der Waals surface area contributed by atoms with E-state index < -0.39 is 0 Å². The molecule has 1 aliphatic carbocycles. The summed E-state index contributed by atoms with van der Waals surface area (Å²) in [4.78, 5) is 15.0. The van der Waals surface area contributed by atoms with Crippen molar-refractivity contribution >= 4 is 5.78 Å². The lowest BCUT2D eigenvalue weighted by atomic mass is 9.86. The zero-order chi connectivity index (χ0) is 14.8. The molecule has 0 spiro atoms. The van der Waals surface area contributed by atoms with Crippen LogP contribution in [-0.4, -0.2) is 37.4 Å². The lowest BCUT2D eigenvalue weighted by Crippen LogP contribution is -2.49. The first-order chi connectivity index (χ1) is 9.49. The van der Waals surface area contributed by atoms with Crippen LogP contribution in [0, 0.1) is 6.92 Å². The molecule has 1 saturated carbocycles. The molecule has 3 heteroatoms. The zero-order valence-electron chi connectivity index (χ0n) is 13.0. The molecule has 20 heavy (non-hydrogen) atoms. The van der Waals surface area contributed by atoms with Gasteiger partial charge in [0, 0.05) is 12.0 Å². The minimum absolute atomic E-state index is 0.269. The van der Waals surface area contributed by atoms with E-state index in [1.54, 1.807) is 7.11 Å². The van der Waals surface area contributed by atoms with Crippen LogP contribution in [0.1, 0.15) is 36.8 Å². The molecule has 110 valence electrons. The molecule has 3 nitrogen and oxygen atoms in total. The number of hydrogen-bond acceptors (Lipinski definition) is 3. The molecule has 2 rings (SSSR count). The summed E-state index contributed by atoms with van der Waals surface area (Å²) in [5.41, 5.74) is 1.90. The highest BCUT2D eigenvalue weighted by molar-refractivity contribution is 5.91. The van der Waals surface area contributed by atoms with Gasteiger partial charge in [0.25, 0.3) is 0 Å². The Balaban J connectivity index is 2.25. The van der Waals surface area contributed by atoms with Gasteiger partial charge in [-0.15, -0.1) is 0 Å². The molecule has 1 aliphatic rings. The van der Waals surface area contributed by atoms with Gasteiger partial charge in [0.1, 0.15) is 5.75 Å².